The van der Waals surface area contributed by atoms with E-state index in [0.717, 1.165) is 49.9 Å². The van der Waals surface area contributed by atoms with E-state index >= 15 is 0 Å². The Morgan fingerprint density at radius 1 is 0.694 bits per heavy atom. The number of anilines is 2. The molecule has 6 N–H and O–H groups in total. The fourth-order valence-electron chi connectivity index (χ4n) is 4.60. The van der Waals surface area contributed by atoms with Gasteiger partial charge in [-0.2, -0.15) is 0 Å². The van der Waals surface area contributed by atoms with Crippen LogP contribution in [0.2, 0.25) is 0 Å². The largest absolute Gasteiger partial charge is 0.399 e. The van der Waals surface area contributed by atoms with Crippen molar-refractivity contribution in [2.75, 3.05) is 24.6 Å². The van der Waals surface area contributed by atoms with Crippen molar-refractivity contribution in [1.29, 1.82) is 0 Å². The Balaban J connectivity index is 0.000000201. The van der Waals surface area contributed by atoms with Gasteiger partial charge in [0.25, 0.3) is 0 Å². The highest BCUT2D eigenvalue weighted by molar-refractivity contribution is 7.92. The third-order valence-corrected chi connectivity index (χ3v) is 11.2. The van der Waals surface area contributed by atoms with Crippen molar-refractivity contribution in [1.82, 2.24) is 10.6 Å². The topological polar surface area (TPSA) is 144 Å². The lowest BCUT2D eigenvalue weighted by Gasteiger charge is -2.18. The smallest absolute Gasteiger partial charge is 0.181 e. The summed E-state index contributed by atoms with van der Waals surface area (Å²) in [5.74, 6) is 0. The van der Waals surface area contributed by atoms with Crippen molar-refractivity contribution in [3.8, 4) is 0 Å². The second-order valence-electron chi connectivity index (χ2n) is 10.1. The third-order valence-electron chi connectivity index (χ3n) is 6.79. The standard InChI is InChI=1S/2C13H20N2O2S/c2*1-9(2)18(16,17)13-6-5-10(14)8-11(13)12-4-3-7-15-12/h2*5-6,8-9,12,15H,3-4,7,14H2,1-2H3/t2*12-/m10/s1. The molecule has 10 heteroatoms. The van der Waals surface area contributed by atoms with E-state index in [2.05, 4.69) is 10.6 Å². The summed E-state index contributed by atoms with van der Waals surface area (Å²) in [6.45, 7) is 8.69. The van der Waals surface area contributed by atoms with Crippen LogP contribution in [0.15, 0.2) is 46.2 Å². The Labute approximate surface area is 216 Å². The molecule has 8 nitrogen and oxygen atoms in total. The summed E-state index contributed by atoms with van der Waals surface area (Å²) in [4.78, 5) is 0.845. The summed E-state index contributed by atoms with van der Waals surface area (Å²) >= 11 is 0. The highest BCUT2D eigenvalue weighted by Crippen LogP contribution is 2.33. The number of nitrogen functional groups attached to an aromatic ring is 2. The number of rotatable bonds is 6. The van der Waals surface area contributed by atoms with Crippen molar-refractivity contribution < 1.29 is 16.8 Å². The maximum Gasteiger partial charge on any atom is 0.181 e. The van der Waals surface area contributed by atoms with Crippen LogP contribution in [0.5, 0.6) is 0 Å². The van der Waals surface area contributed by atoms with E-state index in [0.29, 0.717) is 21.2 Å². The normalized spacial score (nSPS) is 20.5. The van der Waals surface area contributed by atoms with Gasteiger partial charge in [0.2, 0.25) is 0 Å². The molecule has 0 bridgehead atoms. The molecule has 4 rings (SSSR count). The van der Waals surface area contributed by atoms with Gasteiger partial charge in [0.05, 0.1) is 20.3 Å². The first-order chi connectivity index (χ1) is 16.9. The first-order valence-corrected chi connectivity index (χ1v) is 15.7. The molecule has 0 spiro atoms. The minimum atomic E-state index is -3.26. The summed E-state index contributed by atoms with van der Waals surface area (Å²) in [5.41, 5.74) is 14.4. The van der Waals surface area contributed by atoms with E-state index < -0.39 is 30.2 Å². The lowest BCUT2D eigenvalue weighted by molar-refractivity contribution is 0.577. The first-order valence-electron chi connectivity index (χ1n) is 12.6. The monoisotopic (exact) mass is 536 g/mol. The SMILES string of the molecule is CC(C)S(=O)(=O)c1ccc(N)cc1[C@@H]1CCCN1.CC(C)S(=O)(=O)c1ccc(N)cc1[C@H]1CCCN1. The zero-order chi connectivity index (χ0) is 26.7. The van der Waals surface area contributed by atoms with Crippen molar-refractivity contribution in [3.63, 3.8) is 0 Å². The fraction of sp³-hybridized carbons (Fsp3) is 0.538. The molecule has 0 saturated carbocycles. The maximum atomic E-state index is 12.4. The molecular formula is C26H40N4O4S2. The molecule has 0 amide bonds. The number of nitrogens with two attached hydrogens (primary N) is 2. The third kappa shape index (κ3) is 6.22. The van der Waals surface area contributed by atoms with Gasteiger partial charge in [-0.25, -0.2) is 16.8 Å². The summed E-state index contributed by atoms with van der Waals surface area (Å²) in [7, 11) is -6.51. The molecule has 0 unspecified atom stereocenters. The zero-order valence-electron chi connectivity index (χ0n) is 21.6. The molecule has 2 aromatic rings. The Morgan fingerprint density at radius 2 is 1.06 bits per heavy atom. The number of benzene rings is 2. The molecular weight excluding hydrogens is 496 g/mol. The van der Waals surface area contributed by atoms with E-state index in [4.69, 9.17) is 11.5 Å². The molecule has 0 radical (unpaired) electrons. The van der Waals surface area contributed by atoms with Gasteiger partial charge in [-0.3, -0.25) is 0 Å². The lowest BCUT2D eigenvalue weighted by atomic mass is 10.0. The number of hydrogen-bond donors (Lipinski definition) is 4. The summed E-state index contributed by atoms with van der Waals surface area (Å²) < 4.78 is 49.4. The molecule has 2 aliphatic rings. The van der Waals surface area contributed by atoms with Gasteiger partial charge >= 0.3 is 0 Å². The molecule has 2 atom stereocenters. The summed E-state index contributed by atoms with van der Waals surface area (Å²) in [6, 6.07) is 10.4. The van der Waals surface area contributed by atoms with Gasteiger partial charge < -0.3 is 22.1 Å². The van der Waals surface area contributed by atoms with Crippen LogP contribution in [-0.2, 0) is 19.7 Å². The molecule has 0 aromatic heterocycles. The zero-order valence-corrected chi connectivity index (χ0v) is 23.3. The predicted octanol–water partition coefficient (Wildman–Crippen LogP) is 3.75. The Kier molecular flexibility index (Phi) is 9.08. The van der Waals surface area contributed by atoms with Gasteiger partial charge in [-0.15, -0.1) is 0 Å². The van der Waals surface area contributed by atoms with Crippen LogP contribution in [0.4, 0.5) is 11.4 Å². The number of hydrogen-bond acceptors (Lipinski definition) is 8. The molecule has 2 aromatic carbocycles. The van der Waals surface area contributed by atoms with Gasteiger partial charge in [-0.05, 0) is 114 Å². The Morgan fingerprint density at radius 3 is 1.33 bits per heavy atom. The van der Waals surface area contributed by atoms with Crippen LogP contribution in [0.1, 0.15) is 76.6 Å². The molecule has 2 fully saturated rings. The summed E-state index contributed by atoms with van der Waals surface area (Å²) in [6.07, 6.45) is 4.06. The molecule has 2 heterocycles. The average molecular weight is 537 g/mol. The lowest BCUT2D eigenvalue weighted by Crippen LogP contribution is -2.20. The predicted molar refractivity (Wildman–Crippen MR) is 146 cm³/mol. The van der Waals surface area contributed by atoms with E-state index in [9.17, 15) is 16.8 Å². The summed E-state index contributed by atoms with van der Waals surface area (Å²) in [5, 5.41) is 5.83. The van der Waals surface area contributed by atoms with Gasteiger partial charge in [0, 0.05) is 23.5 Å². The maximum absolute atomic E-state index is 12.4. The van der Waals surface area contributed by atoms with Crippen LogP contribution in [-0.4, -0.2) is 40.4 Å². The van der Waals surface area contributed by atoms with Crippen LogP contribution in [0.3, 0.4) is 0 Å². The van der Waals surface area contributed by atoms with Gasteiger partial charge in [-0.1, -0.05) is 0 Å². The molecule has 2 saturated heterocycles. The van der Waals surface area contributed by atoms with E-state index in [1.807, 2.05) is 0 Å². The minimum absolute atomic E-state index is 0.108. The Bertz CT molecular complexity index is 1160. The highest BCUT2D eigenvalue weighted by atomic mass is 32.2. The van der Waals surface area contributed by atoms with Crippen molar-refractivity contribution in [2.24, 2.45) is 0 Å². The average Bonchev–Trinajstić information content (AvgIpc) is 3.53. The molecule has 200 valence electrons. The highest BCUT2D eigenvalue weighted by Gasteiger charge is 2.29. The molecule has 36 heavy (non-hydrogen) atoms. The van der Waals surface area contributed by atoms with E-state index in [1.54, 1.807) is 64.1 Å². The van der Waals surface area contributed by atoms with Crippen LogP contribution in [0.25, 0.3) is 0 Å². The second-order valence-corrected chi connectivity index (χ2v) is 15.0. The first kappa shape index (κ1) is 28.4. The van der Waals surface area contributed by atoms with Crippen molar-refractivity contribution >= 4 is 31.0 Å². The van der Waals surface area contributed by atoms with Gasteiger partial charge in [0.1, 0.15) is 0 Å². The van der Waals surface area contributed by atoms with Gasteiger partial charge in [0.15, 0.2) is 19.7 Å². The van der Waals surface area contributed by atoms with Crippen LogP contribution >= 0.6 is 0 Å². The van der Waals surface area contributed by atoms with Crippen LogP contribution in [0, 0.1) is 0 Å². The number of sulfone groups is 2. The fourth-order valence-corrected chi connectivity index (χ4v) is 7.20. The molecule has 2 aliphatic heterocycles. The van der Waals surface area contributed by atoms with E-state index in [1.165, 1.54) is 0 Å². The number of nitrogens with one attached hydrogen (secondary N) is 2. The Hall–Kier alpha value is -2.14. The quantitative estimate of drug-likeness (QED) is 0.409. The van der Waals surface area contributed by atoms with Crippen LogP contribution < -0.4 is 22.1 Å². The van der Waals surface area contributed by atoms with E-state index in [-0.39, 0.29) is 12.1 Å². The second kappa shape index (κ2) is 11.5. The molecule has 0 aliphatic carbocycles. The van der Waals surface area contributed by atoms with Crippen molar-refractivity contribution in [2.45, 2.75) is 85.8 Å². The minimum Gasteiger partial charge on any atom is -0.399 e. The van der Waals surface area contributed by atoms with Crippen molar-refractivity contribution in [3.05, 3.63) is 47.5 Å².